The van der Waals surface area contributed by atoms with Crippen LogP contribution < -0.4 is 14.2 Å². The first kappa shape index (κ1) is 27.8. The summed E-state index contributed by atoms with van der Waals surface area (Å²) in [6, 6.07) is 23.3. The standard InChI is InChI=1S/C28H26N2O7S2/c1-19-3-12-24(13-4-19)38(33,34)29-18-21-7-9-22(10-8-21)37-23-11-16-27(26(17-23)28(31)32)30-39(35,36)25-14-5-20(2)6-15-25/h3-17,29-30H,18H2,1-2H3,(H,31,32). The highest BCUT2D eigenvalue weighted by Gasteiger charge is 2.20. The van der Waals surface area contributed by atoms with E-state index in [0.29, 0.717) is 11.3 Å². The summed E-state index contributed by atoms with van der Waals surface area (Å²) in [4.78, 5) is 12.0. The Balaban J connectivity index is 1.44. The number of nitrogens with one attached hydrogen (secondary N) is 2. The van der Waals surface area contributed by atoms with E-state index in [4.69, 9.17) is 4.74 Å². The fourth-order valence-electron chi connectivity index (χ4n) is 3.56. The first-order chi connectivity index (χ1) is 18.4. The Bertz CT molecular complexity index is 1700. The van der Waals surface area contributed by atoms with Gasteiger partial charge in [-0.05, 0) is 74.0 Å². The molecular formula is C28H26N2O7S2. The highest BCUT2D eigenvalue weighted by molar-refractivity contribution is 7.92. The van der Waals surface area contributed by atoms with E-state index >= 15 is 0 Å². The van der Waals surface area contributed by atoms with Crippen LogP contribution in [0.15, 0.2) is 101 Å². The summed E-state index contributed by atoms with van der Waals surface area (Å²) in [5.74, 6) is -0.777. The Morgan fingerprint density at radius 3 is 1.77 bits per heavy atom. The molecule has 4 aromatic carbocycles. The Kier molecular flexibility index (Phi) is 8.05. The number of ether oxygens (including phenoxy) is 1. The SMILES string of the molecule is Cc1ccc(S(=O)(=O)NCc2ccc(Oc3ccc(NS(=O)(=O)c4ccc(C)cc4)c(C(=O)O)c3)cc2)cc1. The van der Waals surface area contributed by atoms with Crippen LogP contribution >= 0.6 is 0 Å². The number of anilines is 1. The number of hydrogen-bond acceptors (Lipinski definition) is 6. The van der Waals surface area contributed by atoms with Gasteiger partial charge in [-0.15, -0.1) is 0 Å². The molecule has 0 fully saturated rings. The molecule has 0 aliphatic carbocycles. The number of rotatable bonds is 10. The van der Waals surface area contributed by atoms with E-state index in [9.17, 15) is 26.7 Å². The normalized spacial score (nSPS) is 11.6. The largest absolute Gasteiger partial charge is 0.478 e. The van der Waals surface area contributed by atoms with Crippen molar-refractivity contribution in [1.29, 1.82) is 0 Å². The topological polar surface area (TPSA) is 139 Å². The minimum Gasteiger partial charge on any atom is -0.478 e. The Morgan fingerprint density at radius 2 is 1.23 bits per heavy atom. The Morgan fingerprint density at radius 1 is 0.718 bits per heavy atom. The van der Waals surface area contributed by atoms with Gasteiger partial charge in [0, 0.05) is 6.54 Å². The number of sulfonamides is 2. The fourth-order valence-corrected chi connectivity index (χ4v) is 5.66. The van der Waals surface area contributed by atoms with E-state index < -0.39 is 26.0 Å². The molecule has 4 aromatic rings. The van der Waals surface area contributed by atoms with Gasteiger partial charge in [0.1, 0.15) is 11.5 Å². The second-order valence-corrected chi connectivity index (χ2v) is 12.3. The molecule has 0 saturated heterocycles. The molecule has 0 radical (unpaired) electrons. The quantitative estimate of drug-likeness (QED) is 0.243. The number of aromatic carboxylic acids is 1. The molecule has 0 unspecified atom stereocenters. The molecule has 0 saturated carbocycles. The monoisotopic (exact) mass is 566 g/mol. The van der Waals surface area contributed by atoms with Crippen molar-refractivity contribution >= 4 is 31.7 Å². The second-order valence-electron chi connectivity index (χ2n) is 8.81. The molecule has 0 spiro atoms. The summed E-state index contributed by atoms with van der Waals surface area (Å²) in [6.45, 7) is 3.76. The van der Waals surface area contributed by atoms with Crippen LogP contribution in [0.25, 0.3) is 0 Å². The predicted octanol–water partition coefficient (Wildman–Crippen LogP) is 5.07. The van der Waals surface area contributed by atoms with E-state index in [2.05, 4.69) is 9.44 Å². The molecule has 0 bridgehead atoms. The van der Waals surface area contributed by atoms with Crippen LogP contribution in [0, 0.1) is 13.8 Å². The minimum absolute atomic E-state index is 0.00557. The lowest BCUT2D eigenvalue weighted by Crippen LogP contribution is -2.23. The van der Waals surface area contributed by atoms with Crippen molar-refractivity contribution in [3.8, 4) is 11.5 Å². The highest BCUT2D eigenvalue weighted by atomic mass is 32.2. The summed E-state index contributed by atoms with van der Waals surface area (Å²) >= 11 is 0. The molecule has 0 amide bonds. The average molecular weight is 567 g/mol. The summed E-state index contributed by atoms with van der Waals surface area (Å²) in [5.41, 5.74) is 2.14. The Labute approximate surface area is 227 Å². The van der Waals surface area contributed by atoms with Gasteiger partial charge < -0.3 is 9.84 Å². The number of carboxylic acid groups (broad SMARTS) is 1. The lowest BCUT2D eigenvalue weighted by molar-refractivity contribution is 0.0697. The van der Waals surface area contributed by atoms with Crippen LogP contribution in [-0.2, 0) is 26.6 Å². The van der Waals surface area contributed by atoms with Crippen molar-refractivity contribution in [2.24, 2.45) is 0 Å². The zero-order valence-corrected chi connectivity index (χ0v) is 22.7. The molecule has 9 nitrogen and oxygen atoms in total. The number of carboxylic acids is 1. The van der Waals surface area contributed by atoms with Crippen molar-refractivity contribution in [3.63, 3.8) is 0 Å². The third kappa shape index (κ3) is 7.02. The zero-order valence-electron chi connectivity index (χ0n) is 21.1. The van der Waals surface area contributed by atoms with Crippen LogP contribution in [0.4, 0.5) is 5.69 Å². The Hall–Kier alpha value is -4.19. The molecule has 3 N–H and O–H groups in total. The van der Waals surface area contributed by atoms with Crippen molar-refractivity contribution in [2.45, 2.75) is 30.2 Å². The van der Waals surface area contributed by atoms with Gasteiger partial charge >= 0.3 is 5.97 Å². The molecule has 0 aliphatic rings. The van der Waals surface area contributed by atoms with E-state index in [-0.39, 0.29) is 33.3 Å². The summed E-state index contributed by atoms with van der Waals surface area (Å²) in [5, 5.41) is 9.67. The van der Waals surface area contributed by atoms with Crippen LogP contribution in [-0.4, -0.2) is 27.9 Å². The van der Waals surface area contributed by atoms with Crippen LogP contribution in [0.3, 0.4) is 0 Å². The lowest BCUT2D eigenvalue weighted by atomic mass is 10.1. The predicted molar refractivity (Wildman–Crippen MR) is 147 cm³/mol. The van der Waals surface area contributed by atoms with Crippen LogP contribution in [0.5, 0.6) is 11.5 Å². The lowest BCUT2D eigenvalue weighted by Gasteiger charge is -2.13. The molecular weight excluding hydrogens is 540 g/mol. The summed E-state index contributed by atoms with van der Waals surface area (Å²) in [7, 11) is -7.67. The third-order valence-corrected chi connectivity index (χ3v) is 8.55. The molecule has 0 heterocycles. The first-order valence-corrected chi connectivity index (χ1v) is 14.7. The zero-order chi connectivity index (χ0) is 28.2. The van der Waals surface area contributed by atoms with E-state index in [0.717, 1.165) is 11.1 Å². The highest BCUT2D eigenvalue weighted by Crippen LogP contribution is 2.28. The first-order valence-electron chi connectivity index (χ1n) is 11.7. The van der Waals surface area contributed by atoms with Gasteiger partial charge in [-0.2, -0.15) is 0 Å². The maximum absolute atomic E-state index is 12.7. The molecule has 202 valence electrons. The fraction of sp³-hybridized carbons (Fsp3) is 0.107. The van der Waals surface area contributed by atoms with Crippen LogP contribution in [0.2, 0.25) is 0 Å². The molecule has 0 aromatic heterocycles. The third-order valence-electron chi connectivity index (χ3n) is 5.75. The number of benzene rings is 4. The number of aryl methyl sites for hydroxylation is 2. The van der Waals surface area contributed by atoms with Gasteiger partial charge in [0.2, 0.25) is 10.0 Å². The van der Waals surface area contributed by atoms with Crippen molar-refractivity contribution in [2.75, 3.05) is 4.72 Å². The molecule has 4 rings (SSSR count). The van der Waals surface area contributed by atoms with E-state index in [1.165, 1.54) is 30.3 Å². The van der Waals surface area contributed by atoms with E-state index in [1.807, 2.05) is 13.8 Å². The number of hydrogen-bond donors (Lipinski definition) is 3. The van der Waals surface area contributed by atoms with Gasteiger partial charge in [0.05, 0.1) is 21.0 Å². The van der Waals surface area contributed by atoms with Crippen LogP contribution in [0.1, 0.15) is 27.0 Å². The molecule has 0 aliphatic heterocycles. The second kappa shape index (κ2) is 11.3. The van der Waals surface area contributed by atoms with Crippen molar-refractivity contribution in [3.05, 3.63) is 113 Å². The van der Waals surface area contributed by atoms with Crippen molar-refractivity contribution in [1.82, 2.24) is 4.72 Å². The number of carbonyl (C=O) groups is 1. The van der Waals surface area contributed by atoms with Gasteiger partial charge in [-0.25, -0.2) is 26.4 Å². The smallest absolute Gasteiger partial charge is 0.337 e. The minimum atomic E-state index is -4.00. The van der Waals surface area contributed by atoms with Gasteiger partial charge in [0.15, 0.2) is 0 Å². The average Bonchev–Trinajstić information content (AvgIpc) is 2.89. The molecule has 11 heteroatoms. The summed E-state index contributed by atoms with van der Waals surface area (Å²) < 4.78 is 61.1. The maximum Gasteiger partial charge on any atom is 0.337 e. The van der Waals surface area contributed by atoms with Crippen molar-refractivity contribution < 1.29 is 31.5 Å². The molecule has 39 heavy (non-hydrogen) atoms. The van der Waals surface area contributed by atoms with Gasteiger partial charge in [-0.1, -0.05) is 47.5 Å². The van der Waals surface area contributed by atoms with Gasteiger partial charge in [-0.3, -0.25) is 4.72 Å². The molecule has 0 atom stereocenters. The maximum atomic E-state index is 12.7. The summed E-state index contributed by atoms with van der Waals surface area (Å²) in [6.07, 6.45) is 0. The van der Waals surface area contributed by atoms with Gasteiger partial charge in [0.25, 0.3) is 10.0 Å². The van der Waals surface area contributed by atoms with E-state index in [1.54, 1.807) is 60.7 Å².